The summed E-state index contributed by atoms with van der Waals surface area (Å²) in [5, 5.41) is 15.0. The summed E-state index contributed by atoms with van der Waals surface area (Å²) in [6.45, 7) is 9.15. The van der Waals surface area contributed by atoms with Gasteiger partial charge in [-0.15, -0.1) is 0 Å². The average molecular weight is 480 g/mol. The molecule has 9 nitrogen and oxygen atoms in total. The van der Waals surface area contributed by atoms with Gasteiger partial charge in [0, 0.05) is 61.0 Å². The number of piperazine rings is 1. The van der Waals surface area contributed by atoms with Gasteiger partial charge in [0.1, 0.15) is 0 Å². The molecule has 1 saturated heterocycles. The smallest absolute Gasteiger partial charge is 0.234 e. The Morgan fingerprint density at radius 2 is 1.82 bits per heavy atom. The van der Waals surface area contributed by atoms with E-state index in [1.54, 1.807) is 11.8 Å². The van der Waals surface area contributed by atoms with Crippen molar-refractivity contribution in [1.82, 2.24) is 30.0 Å². The summed E-state index contributed by atoms with van der Waals surface area (Å²) in [5.74, 6) is 3.20. The van der Waals surface area contributed by atoms with Crippen LogP contribution >= 0.6 is 11.8 Å². The molecule has 0 bridgehead atoms. The van der Waals surface area contributed by atoms with Crippen LogP contribution < -0.4 is 15.5 Å². The molecule has 0 amide bonds. The average Bonchev–Trinajstić information content (AvgIpc) is 3.58. The number of likely N-dealkylation sites (N-methyl/N-ethyl adjacent to an activating group) is 1. The monoisotopic (exact) mass is 479 g/mol. The summed E-state index contributed by atoms with van der Waals surface area (Å²) in [7, 11) is 2.15. The van der Waals surface area contributed by atoms with Crippen molar-refractivity contribution in [1.29, 1.82) is 0 Å². The van der Waals surface area contributed by atoms with Crippen molar-refractivity contribution in [3.63, 3.8) is 0 Å². The Kier molecular flexibility index (Phi) is 6.87. The fraction of sp³-hybridized carbons (Fsp3) is 0.500. The van der Waals surface area contributed by atoms with Crippen molar-refractivity contribution in [2.45, 2.75) is 42.7 Å². The summed E-state index contributed by atoms with van der Waals surface area (Å²) >= 11 is 1.55. The van der Waals surface area contributed by atoms with Gasteiger partial charge in [0.05, 0.1) is 0 Å². The van der Waals surface area contributed by atoms with E-state index >= 15 is 0 Å². The van der Waals surface area contributed by atoms with E-state index in [1.807, 2.05) is 0 Å². The summed E-state index contributed by atoms with van der Waals surface area (Å²) in [6.07, 6.45) is 2.46. The lowest BCUT2D eigenvalue weighted by Gasteiger charge is -2.32. The summed E-state index contributed by atoms with van der Waals surface area (Å²) in [4.78, 5) is 19.9. The number of aromatic amines is 1. The van der Waals surface area contributed by atoms with Gasteiger partial charge in [0.2, 0.25) is 11.9 Å². The molecule has 0 radical (unpaired) electrons. The number of benzene rings is 1. The number of aromatic nitrogens is 5. The lowest BCUT2D eigenvalue weighted by molar-refractivity contribution is 0.311. The van der Waals surface area contributed by atoms with Gasteiger partial charge >= 0.3 is 0 Å². The minimum Gasteiger partial charge on any atom is -0.385 e. The van der Waals surface area contributed by atoms with Gasteiger partial charge in [-0.25, -0.2) is 0 Å². The van der Waals surface area contributed by atoms with Crippen LogP contribution in [0.25, 0.3) is 0 Å². The molecule has 34 heavy (non-hydrogen) atoms. The van der Waals surface area contributed by atoms with Crippen LogP contribution in [0.5, 0.6) is 0 Å². The Bertz CT molecular complexity index is 1090. The van der Waals surface area contributed by atoms with Crippen molar-refractivity contribution >= 4 is 35.2 Å². The Morgan fingerprint density at radius 1 is 1.06 bits per heavy atom. The quantitative estimate of drug-likeness (QED) is 0.417. The second-order valence-electron chi connectivity index (χ2n) is 9.54. The van der Waals surface area contributed by atoms with E-state index in [1.165, 1.54) is 18.5 Å². The number of nitrogens with one attached hydrogen (secondary N) is 3. The molecule has 0 spiro atoms. The minimum atomic E-state index is 0.524. The lowest BCUT2D eigenvalue weighted by Crippen LogP contribution is -2.45. The van der Waals surface area contributed by atoms with Crippen LogP contribution in [0, 0.1) is 5.92 Å². The molecule has 1 aliphatic carbocycles. The van der Waals surface area contributed by atoms with E-state index in [9.17, 15) is 0 Å². The molecule has 1 aliphatic heterocycles. The molecule has 2 fully saturated rings. The zero-order chi connectivity index (χ0) is 23.5. The predicted molar refractivity (Wildman–Crippen MR) is 137 cm³/mol. The van der Waals surface area contributed by atoms with Gasteiger partial charge in [-0.3, -0.25) is 5.10 Å². The molecule has 3 heterocycles. The normalized spacial score (nSPS) is 16.8. The standard InChI is InChI=1S/C24H33N9S/c1-16(2)15-25-18-6-8-19(9-7-18)34-24-28-22(26-21-14-20(30-31-21)17-4-5-17)27-23(29-24)33-12-10-32(3)11-13-33/h6-9,14,16-17,25H,4-5,10-13,15H2,1-3H3,(H2,26,27,28,29,30,31). The Hall–Kier alpha value is -2.85. The SMILES string of the molecule is CC(C)CNc1ccc(Sc2nc(Nc3cc(C4CC4)[nH]n3)nc(N3CCN(C)CC3)n2)cc1. The molecule has 3 aromatic rings. The Labute approximate surface area is 205 Å². The van der Waals surface area contributed by atoms with E-state index < -0.39 is 0 Å². The Morgan fingerprint density at radius 3 is 2.53 bits per heavy atom. The van der Waals surface area contributed by atoms with E-state index in [4.69, 9.17) is 15.0 Å². The van der Waals surface area contributed by atoms with Crippen LogP contribution in [0.15, 0.2) is 40.4 Å². The predicted octanol–water partition coefficient (Wildman–Crippen LogP) is 4.19. The van der Waals surface area contributed by atoms with Crippen LogP contribution in [0.2, 0.25) is 0 Å². The van der Waals surface area contributed by atoms with E-state index in [-0.39, 0.29) is 0 Å². The molecular formula is C24H33N9S. The molecule has 2 aliphatic rings. The molecular weight excluding hydrogens is 446 g/mol. The van der Waals surface area contributed by atoms with E-state index in [0.29, 0.717) is 28.9 Å². The molecule has 10 heteroatoms. The van der Waals surface area contributed by atoms with Crippen LogP contribution in [0.3, 0.4) is 0 Å². The Balaban J connectivity index is 1.35. The largest absolute Gasteiger partial charge is 0.385 e. The summed E-state index contributed by atoms with van der Waals surface area (Å²) in [5.41, 5.74) is 2.30. The maximum Gasteiger partial charge on any atom is 0.234 e. The van der Waals surface area contributed by atoms with Gasteiger partial charge in [0.25, 0.3) is 0 Å². The number of nitrogens with zero attached hydrogens (tertiary/aromatic N) is 6. The van der Waals surface area contributed by atoms with Crippen LogP contribution in [0.1, 0.15) is 38.3 Å². The number of rotatable bonds is 9. The zero-order valence-electron chi connectivity index (χ0n) is 20.1. The molecule has 180 valence electrons. The van der Waals surface area contributed by atoms with E-state index in [2.05, 4.69) is 81.9 Å². The van der Waals surface area contributed by atoms with Gasteiger partial charge in [-0.05, 0) is 61.8 Å². The molecule has 0 atom stereocenters. The van der Waals surface area contributed by atoms with Gasteiger partial charge in [-0.2, -0.15) is 20.1 Å². The molecule has 3 N–H and O–H groups in total. The van der Waals surface area contributed by atoms with Crippen molar-refractivity contribution in [3.05, 3.63) is 36.0 Å². The third-order valence-corrected chi connectivity index (χ3v) is 6.89. The first-order chi connectivity index (χ1) is 16.5. The second kappa shape index (κ2) is 10.2. The highest BCUT2D eigenvalue weighted by Gasteiger charge is 2.26. The highest BCUT2D eigenvalue weighted by molar-refractivity contribution is 7.99. The lowest BCUT2D eigenvalue weighted by atomic mass is 10.2. The summed E-state index contributed by atoms with van der Waals surface area (Å²) in [6, 6.07) is 10.5. The fourth-order valence-electron chi connectivity index (χ4n) is 3.78. The number of hydrogen-bond acceptors (Lipinski definition) is 9. The molecule has 5 rings (SSSR count). The third kappa shape index (κ3) is 5.98. The maximum atomic E-state index is 4.81. The van der Waals surface area contributed by atoms with Gasteiger partial charge in [-0.1, -0.05) is 13.8 Å². The summed E-state index contributed by atoms with van der Waals surface area (Å²) < 4.78 is 0. The number of anilines is 4. The topological polar surface area (TPSA) is 97.9 Å². The third-order valence-electron chi connectivity index (χ3n) is 6.02. The number of H-pyrrole nitrogens is 1. The van der Waals surface area contributed by atoms with Crippen LogP contribution in [-0.2, 0) is 0 Å². The second-order valence-corrected chi connectivity index (χ2v) is 10.6. The molecule has 1 aromatic carbocycles. The van der Waals surface area contributed by atoms with Crippen LogP contribution in [-0.4, -0.2) is 69.8 Å². The highest BCUT2D eigenvalue weighted by atomic mass is 32.2. The van der Waals surface area contributed by atoms with Crippen molar-refractivity contribution in [2.24, 2.45) is 5.92 Å². The van der Waals surface area contributed by atoms with Crippen molar-refractivity contribution < 1.29 is 0 Å². The first-order valence-corrected chi connectivity index (χ1v) is 12.9. The maximum absolute atomic E-state index is 4.81. The van der Waals surface area contributed by atoms with Crippen molar-refractivity contribution in [3.8, 4) is 0 Å². The zero-order valence-corrected chi connectivity index (χ0v) is 20.9. The highest BCUT2D eigenvalue weighted by Crippen LogP contribution is 2.39. The first-order valence-electron chi connectivity index (χ1n) is 12.1. The van der Waals surface area contributed by atoms with Gasteiger partial charge in [0.15, 0.2) is 11.0 Å². The van der Waals surface area contributed by atoms with E-state index in [0.717, 1.165) is 49.1 Å². The van der Waals surface area contributed by atoms with Gasteiger partial charge < -0.3 is 20.4 Å². The van der Waals surface area contributed by atoms with Crippen LogP contribution in [0.4, 0.5) is 23.4 Å². The molecule has 2 aromatic heterocycles. The van der Waals surface area contributed by atoms with Crippen molar-refractivity contribution in [2.75, 3.05) is 55.3 Å². The number of hydrogen-bond donors (Lipinski definition) is 3. The first kappa shape index (κ1) is 22.9. The molecule has 1 saturated carbocycles. The molecule has 0 unspecified atom stereocenters. The minimum absolute atomic E-state index is 0.524. The fourth-order valence-corrected chi connectivity index (χ4v) is 4.52.